The van der Waals surface area contributed by atoms with Gasteiger partial charge in [0.25, 0.3) is 5.91 Å². The molecular formula is C18H19ClN2O5S. The number of amides is 1. The Morgan fingerprint density at radius 1 is 1.07 bits per heavy atom. The van der Waals surface area contributed by atoms with E-state index in [1.807, 2.05) is 19.1 Å². The predicted molar refractivity (Wildman–Crippen MR) is 102 cm³/mol. The molecular weight excluding hydrogens is 392 g/mol. The Hall–Kier alpha value is -2.42. The monoisotopic (exact) mass is 410 g/mol. The van der Waals surface area contributed by atoms with Crippen LogP contribution < -0.4 is 10.0 Å². The molecule has 0 unspecified atom stereocenters. The van der Waals surface area contributed by atoms with E-state index >= 15 is 0 Å². The van der Waals surface area contributed by atoms with Crippen LogP contribution in [0.2, 0.25) is 5.02 Å². The van der Waals surface area contributed by atoms with Gasteiger partial charge in [-0.25, -0.2) is 13.1 Å². The Balaban J connectivity index is 1.74. The van der Waals surface area contributed by atoms with Gasteiger partial charge in [0.1, 0.15) is 0 Å². The molecule has 0 atom stereocenters. The minimum Gasteiger partial charge on any atom is -0.456 e. The molecule has 2 aromatic rings. The van der Waals surface area contributed by atoms with E-state index in [1.54, 1.807) is 12.1 Å². The number of hydrogen-bond donors (Lipinski definition) is 2. The molecule has 0 heterocycles. The van der Waals surface area contributed by atoms with E-state index < -0.39 is 28.5 Å². The van der Waals surface area contributed by atoms with Gasteiger partial charge in [0.15, 0.2) is 6.61 Å². The lowest BCUT2D eigenvalue weighted by Gasteiger charge is -2.09. The quantitative estimate of drug-likeness (QED) is 0.651. The molecule has 0 fully saturated rings. The summed E-state index contributed by atoms with van der Waals surface area (Å²) < 4.78 is 31.2. The SMILES string of the molecule is Cc1ccccc1NC(=O)COC(=O)CCNS(=O)(=O)c1ccc(Cl)cc1. The lowest BCUT2D eigenvalue weighted by molar-refractivity contribution is -0.147. The summed E-state index contributed by atoms with van der Waals surface area (Å²) in [5, 5.41) is 3.05. The van der Waals surface area contributed by atoms with E-state index in [9.17, 15) is 18.0 Å². The van der Waals surface area contributed by atoms with Gasteiger partial charge in [0, 0.05) is 17.3 Å². The number of esters is 1. The van der Waals surface area contributed by atoms with Crippen LogP contribution in [0.15, 0.2) is 53.4 Å². The molecule has 0 bridgehead atoms. The van der Waals surface area contributed by atoms with Crippen molar-refractivity contribution < 1.29 is 22.7 Å². The summed E-state index contributed by atoms with van der Waals surface area (Å²) in [5.74, 6) is -1.16. The zero-order chi connectivity index (χ0) is 19.9. The first-order valence-electron chi connectivity index (χ1n) is 8.04. The van der Waals surface area contributed by atoms with E-state index in [4.69, 9.17) is 16.3 Å². The highest BCUT2D eigenvalue weighted by Crippen LogP contribution is 2.14. The minimum atomic E-state index is -3.75. The van der Waals surface area contributed by atoms with Gasteiger partial charge in [-0.1, -0.05) is 29.8 Å². The zero-order valence-corrected chi connectivity index (χ0v) is 16.1. The third-order valence-corrected chi connectivity index (χ3v) is 5.26. The normalized spacial score (nSPS) is 11.0. The van der Waals surface area contributed by atoms with Gasteiger partial charge in [0.05, 0.1) is 11.3 Å². The molecule has 27 heavy (non-hydrogen) atoms. The summed E-state index contributed by atoms with van der Waals surface area (Å²) >= 11 is 5.72. The Bertz CT molecular complexity index is 914. The fourth-order valence-electron chi connectivity index (χ4n) is 2.10. The molecule has 1 amide bonds. The number of carbonyl (C=O) groups excluding carboxylic acids is 2. The topological polar surface area (TPSA) is 102 Å². The lowest BCUT2D eigenvalue weighted by Crippen LogP contribution is -2.28. The van der Waals surface area contributed by atoms with E-state index in [-0.39, 0.29) is 17.9 Å². The number of nitrogens with one attached hydrogen (secondary N) is 2. The molecule has 7 nitrogen and oxygen atoms in total. The Morgan fingerprint density at radius 3 is 2.41 bits per heavy atom. The van der Waals surface area contributed by atoms with Crippen LogP contribution >= 0.6 is 11.6 Å². The van der Waals surface area contributed by atoms with Gasteiger partial charge in [-0.05, 0) is 42.8 Å². The molecule has 0 aromatic heterocycles. The molecule has 0 spiro atoms. The first kappa shape index (κ1) is 20.9. The van der Waals surface area contributed by atoms with Crippen LogP contribution in [0.4, 0.5) is 5.69 Å². The summed E-state index contributed by atoms with van der Waals surface area (Å²) in [5.41, 5.74) is 1.52. The van der Waals surface area contributed by atoms with Gasteiger partial charge >= 0.3 is 5.97 Å². The van der Waals surface area contributed by atoms with Crippen molar-refractivity contribution in [3.05, 3.63) is 59.1 Å². The number of para-hydroxylation sites is 1. The van der Waals surface area contributed by atoms with Crippen LogP contribution in [0.1, 0.15) is 12.0 Å². The molecule has 2 rings (SSSR count). The molecule has 0 radical (unpaired) electrons. The molecule has 2 aromatic carbocycles. The average Bonchev–Trinajstić information content (AvgIpc) is 2.62. The summed E-state index contributed by atoms with van der Waals surface area (Å²) in [6.45, 7) is 1.24. The highest BCUT2D eigenvalue weighted by Gasteiger charge is 2.15. The van der Waals surface area contributed by atoms with Crippen LogP contribution in [0, 0.1) is 6.92 Å². The van der Waals surface area contributed by atoms with Crippen molar-refractivity contribution in [3.8, 4) is 0 Å². The first-order valence-corrected chi connectivity index (χ1v) is 9.90. The fraction of sp³-hybridized carbons (Fsp3) is 0.222. The van der Waals surface area contributed by atoms with Gasteiger partial charge in [-0.15, -0.1) is 0 Å². The minimum absolute atomic E-state index is 0.0397. The predicted octanol–water partition coefficient (Wildman–Crippen LogP) is 2.50. The third kappa shape index (κ3) is 6.67. The van der Waals surface area contributed by atoms with E-state index in [0.717, 1.165) is 5.56 Å². The molecule has 0 saturated carbocycles. The number of rotatable bonds is 8. The van der Waals surface area contributed by atoms with Crippen LogP contribution in [-0.4, -0.2) is 33.4 Å². The summed E-state index contributed by atoms with van der Waals surface area (Å²) in [6, 6.07) is 12.8. The number of aryl methyl sites for hydroxylation is 1. The molecule has 0 aliphatic heterocycles. The van der Waals surface area contributed by atoms with Gasteiger partial charge in [-0.2, -0.15) is 0 Å². The van der Waals surface area contributed by atoms with Crippen LogP contribution in [-0.2, 0) is 24.3 Å². The second-order valence-corrected chi connectivity index (χ2v) is 7.83. The second kappa shape index (κ2) is 9.50. The molecule has 0 saturated heterocycles. The number of sulfonamides is 1. The maximum Gasteiger partial charge on any atom is 0.307 e. The number of carbonyl (C=O) groups is 2. The van der Waals surface area contributed by atoms with Crippen molar-refractivity contribution in [2.24, 2.45) is 0 Å². The number of halogens is 1. The van der Waals surface area contributed by atoms with Gasteiger partial charge < -0.3 is 10.1 Å². The molecule has 0 aliphatic rings. The van der Waals surface area contributed by atoms with Crippen molar-refractivity contribution in [1.82, 2.24) is 4.72 Å². The van der Waals surface area contributed by atoms with E-state index in [0.29, 0.717) is 10.7 Å². The van der Waals surface area contributed by atoms with Gasteiger partial charge in [-0.3, -0.25) is 9.59 Å². The summed E-state index contributed by atoms with van der Waals surface area (Å²) in [7, 11) is -3.75. The first-order chi connectivity index (χ1) is 12.8. The fourth-order valence-corrected chi connectivity index (χ4v) is 3.26. The second-order valence-electron chi connectivity index (χ2n) is 5.63. The van der Waals surface area contributed by atoms with E-state index in [1.165, 1.54) is 24.3 Å². The Labute approximate surface area is 162 Å². The zero-order valence-electron chi connectivity index (χ0n) is 14.6. The number of benzene rings is 2. The van der Waals surface area contributed by atoms with Crippen molar-refractivity contribution in [1.29, 1.82) is 0 Å². The maximum absolute atomic E-state index is 12.1. The highest BCUT2D eigenvalue weighted by molar-refractivity contribution is 7.89. The molecule has 2 N–H and O–H groups in total. The highest BCUT2D eigenvalue weighted by atomic mass is 35.5. The third-order valence-electron chi connectivity index (χ3n) is 3.53. The lowest BCUT2D eigenvalue weighted by atomic mass is 10.2. The standard InChI is InChI=1S/C18H19ClN2O5S/c1-13-4-2-3-5-16(13)21-17(22)12-26-18(23)10-11-20-27(24,25)15-8-6-14(19)7-9-15/h2-9,20H,10-12H2,1H3,(H,21,22). The van der Waals surface area contributed by atoms with Crippen molar-refractivity contribution in [2.45, 2.75) is 18.2 Å². The summed E-state index contributed by atoms with van der Waals surface area (Å²) in [6.07, 6.45) is -0.204. The van der Waals surface area contributed by atoms with Crippen LogP contribution in [0.25, 0.3) is 0 Å². The van der Waals surface area contributed by atoms with Crippen LogP contribution in [0.5, 0.6) is 0 Å². The van der Waals surface area contributed by atoms with Crippen molar-refractivity contribution in [3.63, 3.8) is 0 Å². The van der Waals surface area contributed by atoms with Gasteiger partial charge in [0.2, 0.25) is 10.0 Å². The number of anilines is 1. The largest absolute Gasteiger partial charge is 0.456 e. The summed E-state index contributed by atoms with van der Waals surface area (Å²) in [4.78, 5) is 23.5. The Morgan fingerprint density at radius 2 is 1.74 bits per heavy atom. The van der Waals surface area contributed by atoms with Crippen molar-refractivity contribution >= 4 is 39.2 Å². The van der Waals surface area contributed by atoms with Crippen molar-refractivity contribution in [2.75, 3.05) is 18.5 Å². The number of ether oxygens (including phenoxy) is 1. The molecule has 0 aliphatic carbocycles. The smallest absolute Gasteiger partial charge is 0.307 e. The molecule has 144 valence electrons. The maximum atomic E-state index is 12.1. The molecule has 9 heteroatoms. The van der Waals surface area contributed by atoms with Crippen LogP contribution in [0.3, 0.4) is 0 Å². The van der Waals surface area contributed by atoms with E-state index in [2.05, 4.69) is 10.0 Å². The average molecular weight is 411 g/mol. The Kier molecular flexibility index (Phi) is 7.35. The number of hydrogen-bond acceptors (Lipinski definition) is 5.